The van der Waals surface area contributed by atoms with E-state index < -0.39 is 16.5 Å². The van der Waals surface area contributed by atoms with Gasteiger partial charge in [-0.3, -0.25) is 4.79 Å². The molecule has 6 nitrogen and oxygen atoms in total. The van der Waals surface area contributed by atoms with Crippen molar-refractivity contribution < 1.29 is 22.1 Å². The lowest BCUT2D eigenvalue weighted by Gasteiger charge is -2.25. The number of fused-ring (bicyclic) bond motifs is 1. The number of rotatable bonds is 5. The van der Waals surface area contributed by atoms with E-state index in [2.05, 4.69) is 4.72 Å². The lowest BCUT2D eigenvalue weighted by molar-refractivity contribution is 0.0585. The van der Waals surface area contributed by atoms with Gasteiger partial charge >= 0.3 is 10.3 Å². The van der Waals surface area contributed by atoms with Gasteiger partial charge in [-0.25, -0.2) is 0 Å². The van der Waals surface area contributed by atoms with Crippen LogP contribution in [0.4, 0.5) is 0 Å². The lowest BCUT2D eigenvalue weighted by Crippen LogP contribution is -2.38. The smallest absolute Gasteiger partial charge is 0.370 e. The Morgan fingerprint density at radius 1 is 1.12 bits per heavy atom. The number of benzene rings is 2. The minimum atomic E-state index is -3.91. The first-order chi connectivity index (χ1) is 11.6. The second kappa shape index (κ2) is 6.96. The highest BCUT2D eigenvalue weighted by Gasteiger charge is 2.30. The van der Waals surface area contributed by atoms with Gasteiger partial charge in [0, 0.05) is 11.1 Å². The molecule has 1 aliphatic heterocycles. The zero-order chi connectivity index (χ0) is 17.0. The van der Waals surface area contributed by atoms with Crippen LogP contribution in [0.3, 0.4) is 0 Å². The molecule has 0 radical (unpaired) electrons. The van der Waals surface area contributed by atoms with Crippen LogP contribution in [0.25, 0.3) is 0 Å². The number of hydrogen-bond acceptors (Lipinski definition) is 5. The van der Waals surface area contributed by atoms with Gasteiger partial charge in [-0.1, -0.05) is 54.6 Å². The monoisotopic (exact) mass is 345 g/mol. The number of carbonyl (C=O) groups excluding carboxylic acids is 1. The van der Waals surface area contributed by atoms with Gasteiger partial charge in [0.15, 0.2) is 17.8 Å². The number of ketones is 1. The van der Waals surface area contributed by atoms with Gasteiger partial charge in [0.1, 0.15) is 0 Å². The molecule has 1 atom stereocenters. The molecular formula is C17H15NO5S. The summed E-state index contributed by atoms with van der Waals surface area (Å²) in [6, 6.07) is 15.5. The Hall–Kier alpha value is -2.48. The summed E-state index contributed by atoms with van der Waals surface area (Å²) in [6.07, 6.45) is 2.08. The molecule has 0 saturated carbocycles. The first-order valence-corrected chi connectivity index (χ1v) is 8.64. The molecule has 0 saturated heterocycles. The Balaban J connectivity index is 1.65. The average Bonchev–Trinajstić information content (AvgIpc) is 2.58. The minimum Gasteiger partial charge on any atom is -0.370 e. The van der Waals surface area contributed by atoms with Crippen molar-refractivity contribution in [1.29, 1.82) is 0 Å². The van der Waals surface area contributed by atoms with Gasteiger partial charge in [0.2, 0.25) is 0 Å². The molecule has 0 bridgehead atoms. The largest absolute Gasteiger partial charge is 0.385 e. The van der Waals surface area contributed by atoms with Crippen molar-refractivity contribution in [3.05, 3.63) is 77.9 Å². The van der Waals surface area contributed by atoms with Crippen molar-refractivity contribution in [3.8, 4) is 5.75 Å². The normalized spacial score (nSPS) is 18.8. The molecule has 0 aliphatic carbocycles. The van der Waals surface area contributed by atoms with Crippen molar-refractivity contribution in [1.82, 2.24) is 4.72 Å². The van der Waals surface area contributed by atoms with Crippen molar-refractivity contribution in [2.45, 2.75) is 6.23 Å². The van der Waals surface area contributed by atoms with Crippen LogP contribution in [0.5, 0.6) is 5.75 Å². The third-order valence-electron chi connectivity index (χ3n) is 3.34. The number of nitrogens with one attached hydrogen (secondary N) is 1. The molecule has 7 heteroatoms. The van der Waals surface area contributed by atoms with Gasteiger partial charge in [-0.05, 0) is 12.1 Å². The average molecular weight is 345 g/mol. The van der Waals surface area contributed by atoms with Gasteiger partial charge < -0.3 is 8.92 Å². The maximum absolute atomic E-state index is 11.9. The Labute approximate surface area is 140 Å². The molecule has 1 aliphatic rings. The van der Waals surface area contributed by atoms with Crippen LogP contribution >= 0.6 is 0 Å². The van der Waals surface area contributed by atoms with Crippen LogP contribution in [0.1, 0.15) is 22.1 Å². The summed E-state index contributed by atoms with van der Waals surface area (Å²) in [5, 5.41) is 0. The number of para-hydroxylation sites is 1. The van der Waals surface area contributed by atoms with E-state index in [9.17, 15) is 13.2 Å². The maximum Gasteiger partial charge on any atom is 0.385 e. The molecule has 24 heavy (non-hydrogen) atoms. The summed E-state index contributed by atoms with van der Waals surface area (Å²) >= 11 is 0. The van der Waals surface area contributed by atoms with E-state index in [4.69, 9.17) is 8.92 Å². The van der Waals surface area contributed by atoms with Gasteiger partial charge in [0.05, 0.1) is 6.61 Å². The van der Waals surface area contributed by atoms with E-state index in [1.807, 2.05) is 6.07 Å². The highest BCUT2D eigenvalue weighted by molar-refractivity contribution is 7.85. The van der Waals surface area contributed by atoms with E-state index in [0.29, 0.717) is 11.1 Å². The highest BCUT2D eigenvalue weighted by atomic mass is 32.2. The SMILES string of the molecule is O=C(/C=C/CO[C@@H]1NS(=O)(=O)Oc2ccccc21)c1ccccc1. The zero-order valence-corrected chi connectivity index (χ0v) is 13.4. The summed E-state index contributed by atoms with van der Waals surface area (Å²) in [4.78, 5) is 11.9. The molecule has 0 fully saturated rings. The molecule has 2 aromatic rings. The maximum atomic E-state index is 11.9. The molecule has 0 amide bonds. The predicted octanol–water partition coefficient (Wildman–Crippen LogP) is 2.37. The summed E-state index contributed by atoms with van der Waals surface area (Å²) in [7, 11) is -3.91. The fraction of sp³-hybridized carbons (Fsp3) is 0.118. The number of hydrogen-bond donors (Lipinski definition) is 1. The van der Waals surface area contributed by atoms with Crippen LogP contribution < -0.4 is 8.91 Å². The van der Waals surface area contributed by atoms with Crippen LogP contribution in [0.15, 0.2) is 66.7 Å². The second-order valence-electron chi connectivity index (χ2n) is 5.04. The fourth-order valence-electron chi connectivity index (χ4n) is 2.24. The molecule has 124 valence electrons. The van der Waals surface area contributed by atoms with E-state index in [1.165, 1.54) is 6.08 Å². The van der Waals surface area contributed by atoms with Crippen LogP contribution in [-0.2, 0) is 15.0 Å². The first kappa shape index (κ1) is 16.4. The topological polar surface area (TPSA) is 81.7 Å². The second-order valence-corrected chi connectivity index (χ2v) is 6.35. The quantitative estimate of drug-likeness (QED) is 0.664. The van der Waals surface area contributed by atoms with Crippen molar-refractivity contribution >= 4 is 16.1 Å². The third kappa shape index (κ3) is 3.88. The number of carbonyl (C=O) groups is 1. The number of ether oxygens (including phenoxy) is 1. The van der Waals surface area contributed by atoms with E-state index in [1.54, 1.807) is 54.6 Å². The Morgan fingerprint density at radius 3 is 2.62 bits per heavy atom. The van der Waals surface area contributed by atoms with Gasteiger partial charge in [-0.2, -0.15) is 13.1 Å². The predicted molar refractivity (Wildman–Crippen MR) is 87.7 cm³/mol. The third-order valence-corrected chi connectivity index (χ3v) is 4.24. The van der Waals surface area contributed by atoms with Gasteiger partial charge in [-0.15, -0.1) is 0 Å². The van der Waals surface area contributed by atoms with E-state index >= 15 is 0 Å². The Kier molecular flexibility index (Phi) is 4.75. The minimum absolute atomic E-state index is 0.0695. The molecule has 0 aromatic heterocycles. The molecule has 0 unspecified atom stereocenters. The summed E-state index contributed by atoms with van der Waals surface area (Å²) in [5.74, 6) is 0.0812. The molecule has 1 heterocycles. The number of allylic oxidation sites excluding steroid dienone is 1. The molecule has 0 spiro atoms. The first-order valence-electron chi connectivity index (χ1n) is 7.23. The Bertz CT molecular complexity index is 862. The van der Waals surface area contributed by atoms with Crippen molar-refractivity contribution in [2.75, 3.05) is 6.61 Å². The van der Waals surface area contributed by atoms with E-state index in [0.717, 1.165) is 0 Å². The van der Waals surface area contributed by atoms with Crippen LogP contribution in [0.2, 0.25) is 0 Å². The highest BCUT2D eigenvalue weighted by Crippen LogP contribution is 2.31. The van der Waals surface area contributed by atoms with Crippen LogP contribution in [0, 0.1) is 0 Å². The Morgan fingerprint density at radius 2 is 1.83 bits per heavy atom. The van der Waals surface area contributed by atoms with Crippen molar-refractivity contribution in [2.24, 2.45) is 0 Å². The zero-order valence-electron chi connectivity index (χ0n) is 12.6. The summed E-state index contributed by atoms with van der Waals surface area (Å²) < 4.78 is 36.0. The van der Waals surface area contributed by atoms with Crippen molar-refractivity contribution in [3.63, 3.8) is 0 Å². The standard InChI is InChI=1S/C17H15NO5S/c19-15(13-7-2-1-3-8-13)10-6-12-22-17-14-9-4-5-11-16(14)23-24(20,21)18-17/h1-11,17-18H,12H2/b10-6+/t17-/m0/s1. The summed E-state index contributed by atoms with van der Waals surface area (Å²) in [5.41, 5.74) is 1.15. The lowest BCUT2D eigenvalue weighted by atomic mass is 10.1. The fourth-order valence-corrected chi connectivity index (χ4v) is 3.13. The molecular weight excluding hydrogens is 330 g/mol. The molecule has 2 aromatic carbocycles. The molecule has 1 N–H and O–H groups in total. The van der Waals surface area contributed by atoms with E-state index in [-0.39, 0.29) is 18.1 Å². The molecule has 3 rings (SSSR count). The van der Waals surface area contributed by atoms with Crippen LogP contribution in [-0.4, -0.2) is 20.8 Å². The van der Waals surface area contributed by atoms with Gasteiger partial charge in [0.25, 0.3) is 0 Å². The summed E-state index contributed by atoms with van der Waals surface area (Å²) in [6.45, 7) is 0.0695.